The van der Waals surface area contributed by atoms with Crippen molar-refractivity contribution in [2.45, 2.75) is 45.5 Å². The molecular formula is C19H26F3N3O2. The zero-order chi connectivity index (χ0) is 19.8. The number of ether oxygens (including phenoxy) is 1. The number of halogens is 3. The molecule has 1 N–H and O–H groups in total. The molecule has 1 aromatic carbocycles. The van der Waals surface area contributed by atoms with Crippen molar-refractivity contribution < 1.29 is 22.7 Å². The topological polar surface area (TPSA) is 44.8 Å². The fourth-order valence-electron chi connectivity index (χ4n) is 3.61. The Morgan fingerprint density at radius 3 is 2.33 bits per heavy atom. The molecule has 0 bridgehead atoms. The second kappa shape index (κ2) is 7.22. The van der Waals surface area contributed by atoms with Gasteiger partial charge < -0.3 is 19.9 Å². The minimum absolute atomic E-state index is 0.349. The molecular weight excluding hydrogens is 359 g/mol. The fourth-order valence-corrected chi connectivity index (χ4v) is 3.61. The predicted octanol–water partition coefficient (Wildman–Crippen LogP) is 3.41. The van der Waals surface area contributed by atoms with Crippen molar-refractivity contribution in [1.82, 2.24) is 10.2 Å². The smallest absolute Gasteiger partial charge is 0.416 e. The van der Waals surface area contributed by atoms with E-state index in [9.17, 15) is 18.0 Å². The summed E-state index contributed by atoms with van der Waals surface area (Å²) in [7, 11) is 0. The number of amides is 1. The summed E-state index contributed by atoms with van der Waals surface area (Å²) in [6.45, 7) is 8.55. The number of benzene rings is 1. The lowest BCUT2D eigenvalue weighted by molar-refractivity contribution is -0.138. The van der Waals surface area contributed by atoms with Crippen LogP contribution in [-0.2, 0) is 23.9 Å². The number of rotatable bonds is 1. The SMILES string of the molecule is CC(C)(C)OC(=O)N1CCN(c2ccc(C(F)(F)F)c3c2CNCC3)CC1. The number of hydrogen-bond donors (Lipinski definition) is 1. The number of hydrogen-bond acceptors (Lipinski definition) is 4. The van der Waals surface area contributed by atoms with Gasteiger partial charge in [0.2, 0.25) is 0 Å². The highest BCUT2D eigenvalue weighted by atomic mass is 19.4. The number of carbonyl (C=O) groups is 1. The third-order valence-corrected chi connectivity index (χ3v) is 4.84. The summed E-state index contributed by atoms with van der Waals surface area (Å²) in [6, 6.07) is 2.76. The second-order valence-electron chi connectivity index (χ2n) is 7.97. The summed E-state index contributed by atoms with van der Waals surface area (Å²) in [5, 5.41) is 3.17. The number of nitrogens with one attached hydrogen (secondary N) is 1. The molecule has 0 radical (unpaired) electrons. The van der Waals surface area contributed by atoms with Crippen LogP contribution in [0, 0.1) is 0 Å². The molecule has 1 aromatic rings. The highest BCUT2D eigenvalue weighted by Crippen LogP contribution is 2.38. The van der Waals surface area contributed by atoms with E-state index >= 15 is 0 Å². The van der Waals surface area contributed by atoms with E-state index < -0.39 is 17.3 Å². The van der Waals surface area contributed by atoms with Gasteiger partial charge in [-0.05, 0) is 57.0 Å². The van der Waals surface area contributed by atoms with E-state index in [2.05, 4.69) is 10.2 Å². The van der Waals surface area contributed by atoms with Crippen LogP contribution in [0.5, 0.6) is 0 Å². The van der Waals surface area contributed by atoms with E-state index in [1.165, 1.54) is 6.07 Å². The number of carbonyl (C=O) groups excluding carboxylic acids is 1. The molecule has 8 heteroatoms. The molecule has 0 spiro atoms. The average molecular weight is 385 g/mol. The summed E-state index contributed by atoms with van der Waals surface area (Å²) < 4.78 is 45.4. The van der Waals surface area contributed by atoms with E-state index in [1.807, 2.05) is 20.8 Å². The van der Waals surface area contributed by atoms with Crippen LogP contribution >= 0.6 is 0 Å². The third kappa shape index (κ3) is 4.48. The third-order valence-electron chi connectivity index (χ3n) is 4.84. The van der Waals surface area contributed by atoms with E-state index in [1.54, 1.807) is 11.0 Å². The van der Waals surface area contributed by atoms with Gasteiger partial charge in [-0.2, -0.15) is 13.2 Å². The van der Waals surface area contributed by atoms with Gasteiger partial charge >= 0.3 is 12.3 Å². The monoisotopic (exact) mass is 385 g/mol. The van der Waals surface area contributed by atoms with Crippen LogP contribution < -0.4 is 10.2 Å². The number of fused-ring (bicyclic) bond motifs is 1. The van der Waals surface area contributed by atoms with Gasteiger partial charge in [-0.15, -0.1) is 0 Å². The molecule has 2 aliphatic rings. The van der Waals surface area contributed by atoms with Crippen molar-refractivity contribution in [1.29, 1.82) is 0 Å². The van der Waals surface area contributed by atoms with E-state index in [4.69, 9.17) is 4.74 Å². The Bertz CT molecular complexity index is 705. The Morgan fingerprint density at radius 1 is 1.07 bits per heavy atom. The van der Waals surface area contributed by atoms with E-state index in [-0.39, 0.29) is 6.09 Å². The van der Waals surface area contributed by atoms with Crippen LogP contribution in [0.15, 0.2) is 12.1 Å². The number of piperazine rings is 1. The minimum Gasteiger partial charge on any atom is -0.444 e. The van der Waals surface area contributed by atoms with Crippen LogP contribution in [0.4, 0.5) is 23.7 Å². The Morgan fingerprint density at radius 2 is 1.74 bits per heavy atom. The predicted molar refractivity (Wildman–Crippen MR) is 96.9 cm³/mol. The first kappa shape index (κ1) is 19.8. The van der Waals surface area contributed by atoms with E-state index in [0.29, 0.717) is 51.3 Å². The summed E-state index contributed by atoms with van der Waals surface area (Å²) >= 11 is 0. The normalized spacial score (nSPS) is 18.3. The zero-order valence-corrected chi connectivity index (χ0v) is 15.9. The maximum absolute atomic E-state index is 13.3. The van der Waals surface area contributed by atoms with E-state index in [0.717, 1.165) is 11.3 Å². The van der Waals surface area contributed by atoms with Crippen LogP contribution in [-0.4, -0.2) is 49.3 Å². The van der Waals surface area contributed by atoms with Crippen molar-refractivity contribution in [3.05, 3.63) is 28.8 Å². The Kier molecular flexibility index (Phi) is 5.29. The van der Waals surface area contributed by atoms with Crippen molar-refractivity contribution in [2.75, 3.05) is 37.6 Å². The van der Waals surface area contributed by atoms with Gasteiger partial charge in [-0.1, -0.05) is 0 Å². The lowest BCUT2D eigenvalue weighted by Crippen LogP contribution is -2.50. The molecule has 1 fully saturated rings. The first-order valence-electron chi connectivity index (χ1n) is 9.22. The average Bonchev–Trinajstić information content (AvgIpc) is 2.58. The quantitative estimate of drug-likeness (QED) is 0.805. The molecule has 5 nitrogen and oxygen atoms in total. The van der Waals surface area contributed by atoms with Crippen LogP contribution in [0.3, 0.4) is 0 Å². The molecule has 1 saturated heterocycles. The number of nitrogens with zero attached hydrogens (tertiary/aromatic N) is 2. The molecule has 0 unspecified atom stereocenters. The van der Waals surface area contributed by atoms with Gasteiger partial charge in [0.25, 0.3) is 0 Å². The highest BCUT2D eigenvalue weighted by Gasteiger charge is 2.36. The maximum atomic E-state index is 13.3. The Hall–Kier alpha value is -1.96. The van der Waals surface area contributed by atoms with Gasteiger partial charge in [0, 0.05) is 38.4 Å². The molecule has 27 heavy (non-hydrogen) atoms. The first-order valence-corrected chi connectivity index (χ1v) is 9.22. The molecule has 0 aliphatic carbocycles. The largest absolute Gasteiger partial charge is 0.444 e. The zero-order valence-electron chi connectivity index (χ0n) is 15.9. The molecule has 1 amide bonds. The molecule has 2 aliphatic heterocycles. The summed E-state index contributed by atoms with van der Waals surface area (Å²) in [4.78, 5) is 15.9. The highest BCUT2D eigenvalue weighted by molar-refractivity contribution is 5.69. The van der Waals surface area contributed by atoms with Crippen LogP contribution in [0.25, 0.3) is 0 Å². The Balaban J connectivity index is 1.76. The molecule has 0 saturated carbocycles. The fraction of sp³-hybridized carbons (Fsp3) is 0.632. The lowest BCUT2D eigenvalue weighted by atomic mass is 9.93. The molecule has 3 rings (SSSR count). The molecule has 150 valence electrons. The molecule has 2 heterocycles. The summed E-state index contributed by atoms with van der Waals surface area (Å²) in [6.07, 6.45) is -4.32. The van der Waals surface area contributed by atoms with Crippen molar-refractivity contribution in [3.8, 4) is 0 Å². The molecule has 0 aromatic heterocycles. The van der Waals surface area contributed by atoms with Gasteiger partial charge in [0.1, 0.15) is 5.60 Å². The maximum Gasteiger partial charge on any atom is 0.416 e. The van der Waals surface area contributed by atoms with Crippen LogP contribution in [0.1, 0.15) is 37.5 Å². The van der Waals surface area contributed by atoms with Crippen molar-refractivity contribution in [2.24, 2.45) is 0 Å². The van der Waals surface area contributed by atoms with Gasteiger partial charge in [-0.25, -0.2) is 4.79 Å². The van der Waals surface area contributed by atoms with Crippen LogP contribution in [0.2, 0.25) is 0 Å². The van der Waals surface area contributed by atoms with Gasteiger partial charge in [0.15, 0.2) is 0 Å². The van der Waals surface area contributed by atoms with Gasteiger partial charge in [0.05, 0.1) is 5.56 Å². The van der Waals surface area contributed by atoms with Crippen molar-refractivity contribution in [3.63, 3.8) is 0 Å². The first-order chi connectivity index (χ1) is 12.6. The number of anilines is 1. The second-order valence-corrected chi connectivity index (χ2v) is 7.97. The standard InChI is InChI=1S/C19H26F3N3O2/c1-18(2,3)27-17(26)25-10-8-24(9-11-25)16-5-4-15(19(20,21)22)13-6-7-23-12-14(13)16/h4-5,23H,6-12H2,1-3H3. The molecule has 0 atom stereocenters. The van der Waals surface area contributed by atoms with Crippen molar-refractivity contribution >= 4 is 11.8 Å². The van der Waals surface area contributed by atoms with Gasteiger partial charge in [-0.3, -0.25) is 0 Å². The summed E-state index contributed by atoms with van der Waals surface area (Å²) in [5.74, 6) is 0. The Labute approximate surface area is 157 Å². The summed E-state index contributed by atoms with van der Waals surface area (Å²) in [5.41, 5.74) is 0.867. The lowest BCUT2D eigenvalue weighted by Gasteiger charge is -2.38. The minimum atomic E-state index is -4.34. The number of alkyl halides is 3.